The number of ether oxygens (including phenoxy) is 1. The first-order valence-electron chi connectivity index (χ1n) is 5.62. The van der Waals surface area contributed by atoms with Crippen LogP contribution in [0.3, 0.4) is 0 Å². The van der Waals surface area contributed by atoms with E-state index in [4.69, 9.17) is 9.84 Å². The highest BCUT2D eigenvalue weighted by atomic mass is 79.9. The second-order valence-corrected chi connectivity index (χ2v) is 5.21. The zero-order valence-electron chi connectivity index (χ0n) is 10.7. The number of nitrogens with zero attached hydrogens (tertiary/aromatic N) is 1. The quantitative estimate of drug-likeness (QED) is 0.940. The molecule has 0 bridgehead atoms. The SMILES string of the molecule is COc1c(Br)cc(F)c2c1c(C(C)C(=O)O)cn2C. The van der Waals surface area contributed by atoms with Crippen LogP contribution in [0.4, 0.5) is 4.39 Å². The molecule has 0 saturated carbocycles. The number of aromatic nitrogens is 1. The molecule has 0 aliphatic rings. The van der Waals surface area contributed by atoms with Crippen molar-refractivity contribution in [1.82, 2.24) is 4.57 Å². The van der Waals surface area contributed by atoms with Gasteiger partial charge in [-0.05, 0) is 34.5 Å². The van der Waals surface area contributed by atoms with Gasteiger partial charge in [0.15, 0.2) is 0 Å². The van der Waals surface area contributed by atoms with Crippen molar-refractivity contribution in [3.05, 3.63) is 28.1 Å². The molecule has 6 heteroatoms. The minimum absolute atomic E-state index is 0.336. The zero-order valence-corrected chi connectivity index (χ0v) is 12.3. The molecular weight excluding hydrogens is 317 g/mol. The molecule has 0 saturated heterocycles. The Kier molecular flexibility index (Phi) is 3.54. The molecule has 19 heavy (non-hydrogen) atoms. The number of halogens is 2. The Labute approximate surface area is 117 Å². The van der Waals surface area contributed by atoms with Crippen LogP contribution in [0.1, 0.15) is 18.4 Å². The van der Waals surface area contributed by atoms with Gasteiger partial charge in [0.1, 0.15) is 11.6 Å². The summed E-state index contributed by atoms with van der Waals surface area (Å²) in [6, 6.07) is 1.32. The van der Waals surface area contributed by atoms with Crippen molar-refractivity contribution < 1.29 is 19.0 Å². The number of methoxy groups -OCH3 is 1. The third kappa shape index (κ3) is 2.10. The Balaban J connectivity index is 2.90. The first-order valence-corrected chi connectivity index (χ1v) is 6.41. The smallest absolute Gasteiger partial charge is 0.310 e. The van der Waals surface area contributed by atoms with Crippen LogP contribution in [0, 0.1) is 5.82 Å². The lowest BCUT2D eigenvalue weighted by Gasteiger charge is -2.10. The number of benzene rings is 1. The number of hydrogen-bond acceptors (Lipinski definition) is 2. The molecule has 1 unspecified atom stereocenters. The molecule has 0 fully saturated rings. The van der Waals surface area contributed by atoms with E-state index in [1.165, 1.54) is 13.2 Å². The highest BCUT2D eigenvalue weighted by molar-refractivity contribution is 9.10. The minimum atomic E-state index is -0.963. The molecule has 4 nitrogen and oxygen atoms in total. The van der Waals surface area contributed by atoms with Gasteiger partial charge < -0.3 is 14.4 Å². The largest absolute Gasteiger partial charge is 0.495 e. The van der Waals surface area contributed by atoms with Gasteiger partial charge in [0.2, 0.25) is 0 Å². The van der Waals surface area contributed by atoms with E-state index < -0.39 is 17.7 Å². The van der Waals surface area contributed by atoms with Crippen LogP contribution in [0.15, 0.2) is 16.7 Å². The van der Waals surface area contributed by atoms with Crippen molar-refractivity contribution >= 4 is 32.8 Å². The number of carboxylic acids is 1. The van der Waals surface area contributed by atoms with Gasteiger partial charge in [-0.3, -0.25) is 4.79 Å². The Bertz CT molecular complexity index is 666. The van der Waals surface area contributed by atoms with Crippen molar-refractivity contribution in [3.63, 3.8) is 0 Å². The number of carboxylic acid groups (broad SMARTS) is 1. The lowest BCUT2D eigenvalue weighted by molar-refractivity contribution is -0.138. The third-order valence-corrected chi connectivity index (χ3v) is 3.76. The molecule has 1 atom stereocenters. The van der Waals surface area contributed by atoms with Gasteiger partial charge in [-0.1, -0.05) is 0 Å². The van der Waals surface area contributed by atoms with Crippen LogP contribution in [-0.2, 0) is 11.8 Å². The van der Waals surface area contributed by atoms with Crippen LogP contribution in [0.5, 0.6) is 5.75 Å². The van der Waals surface area contributed by atoms with Crippen LogP contribution in [-0.4, -0.2) is 22.8 Å². The van der Waals surface area contributed by atoms with Crippen molar-refractivity contribution in [3.8, 4) is 5.75 Å². The first kappa shape index (κ1) is 13.9. The average Bonchev–Trinajstić information content (AvgIpc) is 2.66. The van der Waals surface area contributed by atoms with Gasteiger partial charge in [0, 0.05) is 18.6 Å². The van der Waals surface area contributed by atoms with E-state index in [9.17, 15) is 9.18 Å². The fraction of sp³-hybridized carbons (Fsp3) is 0.308. The first-order chi connectivity index (χ1) is 8.88. The molecule has 102 valence electrons. The van der Waals surface area contributed by atoms with Gasteiger partial charge in [-0.25, -0.2) is 4.39 Å². The van der Waals surface area contributed by atoms with Crippen molar-refractivity contribution in [2.75, 3.05) is 7.11 Å². The van der Waals surface area contributed by atoms with Crippen molar-refractivity contribution in [1.29, 1.82) is 0 Å². The Morgan fingerprint density at radius 3 is 2.74 bits per heavy atom. The third-order valence-electron chi connectivity index (χ3n) is 3.18. The fourth-order valence-corrected chi connectivity index (χ4v) is 2.76. The van der Waals surface area contributed by atoms with E-state index in [0.717, 1.165) is 0 Å². The second kappa shape index (κ2) is 4.85. The summed E-state index contributed by atoms with van der Waals surface area (Å²) in [6.45, 7) is 1.56. The molecule has 0 amide bonds. The molecule has 0 spiro atoms. The number of fused-ring (bicyclic) bond motifs is 1. The lowest BCUT2D eigenvalue weighted by Crippen LogP contribution is -2.07. The summed E-state index contributed by atoms with van der Waals surface area (Å²) in [5.74, 6) is -1.68. The molecule has 2 aromatic rings. The molecule has 1 N–H and O–H groups in total. The maximum Gasteiger partial charge on any atom is 0.310 e. The Morgan fingerprint density at radius 1 is 1.58 bits per heavy atom. The number of aliphatic carboxylic acids is 1. The van der Waals surface area contributed by atoms with E-state index in [-0.39, 0.29) is 0 Å². The molecule has 1 heterocycles. The van der Waals surface area contributed by atoms with Crippen LogP contribution in [0.2, 0.25) is 0 Å². The minimum Gasteiger partial charge on any atom is -0.495 e. The van der Waals surface area contributed by atoms with E-state index in [1.807, 2.05) is 0 Å². The molecule has 2 rings (SSSR count). The molecule has 0 aliphatic heterocycles. The maximum atomic E-state index is 14.0. The number of hydrogen-bond donors (Lipinski definition) is 1. The number of aryl methyl sites for hydroxylation is 1. The normalized spacial score (nSPS) is 12.7. The number of carbonyl (C=O) groups is 1. The summed E-state index contributed by atoms with van der Waals surface area (Å²) >= 11 is 3.24. The summed E-state index contributed by atoms with van der Waals surface area (Å²) in [5, 5.41) is 9.64. The van der Waals surface area contributed by atoms with Crippen molar-refractivity contribution in [2.45, 2.75) is 12.8 Å². The summed E-state index contributed by atoms with van der Waals surface area (Å²) in [4.78, 5) is 11.2. The summed E-state index contributed by atoms with van der Waals surface area (Å²) in [5.41, 5.74) is 0.866. The van der Waals surface area contributed by atoms with E-state index >= 15 is 0 Å². The van der Waals surface area contributed by atoms with E-state index in [1.54, 1.807) is 24.7 Å². The highest BCUT2D eigenvalue weighted by Gasteiger charge is 2.24. The molecule has 1 aromatic heterocycles. The second-order valence-electron chi connectivity index (χ2n) is 4.35. The molecule has 0 radical (unpaired) electrons. The van der Waals surface area contributed by atoms with Crippen LogP contribution in [0.25, 0.3) is 10.9 Å². The van der Waals surface area contributed by atoms with Gasteiger partial charge in [0.25, 0.3) is 0 Å². The van der Waals surface area contributed by atoms with E-state index in [2.05, 4.69) is 15.9 Å². The van der Waals surface area contributed by atoms with Gasteiger partial charge >= 0.3 is 5.97 Å². The summed E-state index contributed by atoms with van der Waals surface area (Å²) in [7, 11) is 3.15. The number of rotatable bonds is 3. The molecular formula is C13H13BrFNO3. The maximum absolute atomic E-state index is 14.0. The van der Waals surface area contributed by atoms with Crippen LogP contribution < -0.4 is 4.74 Å². The predicted molar refractivity (Wildman–Crippen MR) is 73.2 cm³/mol. The summed E-state index contributed by atoms with van der Waals surface area (Å²) in [6.07, 6.45) is 1.63. The Morgan fingerprint density at radius 2 is 2.21 bits per heavy atom. The lowest BCUT2D eigenvalue weighted by atomic mass is 10.00. The average molecular weight is 330 g/mol. The van der Waals surface area contributed by atoms with Gasteiger partial charge in [0.05, 0.1) is 23.0 Å². The van der Waals surface area contributed by atoms with E-state index in [0.29, 0.717) is 26.7 Å². The molecule has 1 aromatic carbocycles. The fourth-order valence-electron chi connectivity index (χ4n) is 2.20. The monoisotopic (exact) mass is 329 g/mol. The Hall–Kier alpha value is -1.56. The van der Waals surface area contributed by atoms with Crippen LogP contribution >= 0.6 is 15.9 Å². The highest BCUT2D eigenvalue weighted by Crippen LogP contribution is 2.40. The zero-order chi connectivity index (χ0) is 14.3. The topological polar surface area (TPSA) is 51.5 Å². The van der Waals surface area contributed by atoms with Gasteiger partial charge in [-0.2, -0.15) is 0 Å². The predicted octanol–water partition coefficient (Wildman–Crippen LogP) is 3.28. The summed E-state index contributed by atoms with van der Waals surface area (Å²) < 4.78 is 21.4. The van der Waals surface area contributed by atoms with Gasteiger partial charge in [-0.15, -0.1) is 0 Å². The van der Waals surface area contributed by atoms with Crippen molar-refractivity contribution in [2.24, 2.45) is 7.05 Å². The molecule has 0 aliphatic carbocycles. The standard InChI is InChI=1S/C13H13BrFNO3/c1-6(13(17)18)7-5-16(2)11-9(15)4-8(14)12(19-3)10(7)11/h4-6H,1-3H3,(H,17,18).